The van der Waals surface area contributed by atoms with Crippen LogP contribution in [0.25, 0.3) is 0 Å². The summed E-state index contributed by atoms with van der Waals surface area (Å²) in [5.74, 6) is -0.932. The molecule has 2 rings (SSSR count). The van der Waals surface area contributed by atoms with Crippen LogP contribution in [0.3, 0.4) is 0 Å². The van der Waals surface area contributed by atoms with Gasteiger partial charge in [0.25, 0.3) is 11.8 Å². The molecule has 0 radical (unpaired) electrons. The fourth-order valence-corrected chi connectivity index (χ4v) is 1.97. The van der Waals surface area contributed by atoms with Gasteiger partial charge in [-0.2, -0.15) is 0 Å². The van der Waals surface area contributed by atoms with E-state index in [0.29, 0.717) is 12.1 Å². The number of nitrogens with one attached hydrogen (secondary N) is 1. The summed E-state index contributed by atoms with van der Waals surface area (Å²) in [6.07, 6.45) is 2.39. The quantitative estimate of drug-likeness (QED) is 0.795. The van der Waals surface area contributed by atoms with E-state index in [0.717, 1.165) is 12.8 Å². The highest BCUT2D eigenvalue weighted by atomic mass is 16.3. The molecule has 0 aromatic heterocycles. The highest BCUT2D eigenvalue weighted by Gasteiger charge is 2.39. The third kappa shape index (κ3) is 2.30. The number of rotatable bonds is 4. The number of anilines is 1. The largest absolute Gasteiger partial charge is 0.508 e. The van der Waals surface area contributed by atoms with Gasteiger partial charge in [0.05, 0.1) is 5.69 Å². The Morgan fingerprint density at radius 1 is 1.28 bits per heavy atom. The minimum atomic E-state index is -0.584. The smallest absolute Gasteiger partial charge is 0.258 e. The van der Waals surface area contributed by atoms with Crippen LogP contribution in [-0.2, 0) is 9.59 Å². The van der Waals surface area contributed by atoms with E-state index in [1.807, 2.05) is 6.92 Å². The minimum Gasteiger partial charge on any atom is -0.508 e. The van der Waals surface area contributed by atoms with Gasteiger partial charge in [-0.25, -0.2) is 5.01 Å². The minimum absolute atomic E-state index is 0.124. The number of phenols is 1. The maximum absolute atomic E-state index is 12.1. The summed E-state index contributed by atoms with van der Waals surface area (Å²) >= 11 is 0. The van der Waals surface area contributed by atoms with Crippen molar-refractivity contribution in [2.24, 2.45) is 5.92 Å². The van der Waals surface area contributed by atoms with Crippen LogP contribution in [0.2, 0.25) is 0 Å². The van der Waals surface area contributed by atoms with Crippen molar-refractivity contribution >= 4 is 17.5 Å². The zero-order chi connectivity index (χ0) is 13.1. The zero-order valence-electron chi connectivity index (χ0n) is 10.2. The van der Waals surface area contributed by atoms with E-state index < -0.39 is 5.92 Å². The van der Waals surface area contributed by atoms with E-state index >= 15 is 0 Å². The van der Waals surface area contributed by atoms with Gasteiger partial charge in [0.2, 0.25) is 0 Å². The second-order valence-corrected chi connectivity index (χ2v) is 4.36. The van der Waals surface area contributed by atoms with Gasteiger partial charge >= 0.3 is 0 Å². The highest BCUT2D eigenvalue weighted by Crippen LogP contribution is 2.24. The lowest BCUT2D eigenvalue weighted by Gasteiger charge is -2.15. The van der Waals surface area contributed by atoms with Crippen molar-refractivity contribution in [3.05, 3.63) is 24.3 Å². The van der Waals surface area contributed by atoms with Crippen LogP contribution >= 0.6 is 0 Å². The Kier molecular flexibility index (Phi) is 3.50. The molecule has 1 fully saturated rings. The van der Waals surface area contributed by atoms with Crippen molar-refractivity contribution in [3.63, 3.8) is 0 Å². The van der Waals surface area contributed by atoms with Crippen LogP contribution in [0.5, 0.6) is 5.75 Å². The monoisotopic (exact) mass is 248 g/mol. The number of hydrogen-bond acceptors (Lipinski definition) is 3. The molecule has 5 heteroatoms. The van der Waals surface area contributed by atoms with E-state index in [9.17, 15) is 14.7 Å². The third-order valence-corrected chi connectivity index (χ3v) is 3.01. The maximum Gasteiger partial charge on any atom is 0.258 e. The van der Waals surface area contributed by atoms with Gasteiger partial charge in [-0.15, -0.1) is 0 Å². The average molecular weight is 248 g/mol. The normalized spacial score (nSPS) is 19.2. The summed E-state index contributed by atoms with van der Waals surface area (Å²) in [4.78, 5) is 23.8. The first kappa shape index (κ1) is 12.4. The molecule has 1 aromatic rings. The van der Waals surface area contributed by atoms with E-state index in [2.05, 4.69) is 5.43 Å². The third-order valence-electron chi connectivity index (χ3n) is 3.01. The molecule has 1 unspecified atom stereocenters. The first-order valence-corrected chi connectivity index (χ1v) is 6.07. The molecular formula is C13H16N2O3. The van der Waals surface area contributed by atoms with E-state index in [-0.39, 0.29) is 17.6 Å². The lowest BCUT2D eigenvalue weighted by Crippen LogP contribution is -2.35. The predicted octanol–water partition coefficient (Wildman–Crippen LogP) is 1.58. The van der Waals surface area contributed by atoms with Crippen LogP contribution in [0.15, 0.2) is 24.3 Å². The lowest BCUT2D eigenvalue weighted by atomic mass is 10.0. The topological polar surface area (TPSA) is 69.6 Å². The number of benzene rings is 1. The van der Waals surface area contributed by atoms with Crippen molar-refractivity contribution in [2.45, 2.75) is 26.2 Å². The van der Waals surface area contributed by atoms with E-state index in [4.69, 9.17) is 0 Å². The standard InChI is InChI=1S/C13H16N2O3/c1-2-3-4-11-12(17)14-15(13(11)18)9-5-7-10(16)8-6-9/h5-8,11,16H,2-4H2,1H3,(H,14,17). The first-order chi connectivity index (χ1) is 8.63. The predicted molar refractivity (Wildman–Crippen MR) is 66.8 cm³/mol. The van der Waals surface area contributed by atoms with E-state index in [1.165, 1.54) is 17.1 Å². The maximum atomic E-state index is 12.1. The molecule has 1 saturated heterocycles. The van der Waals surface area contributed by atoms with Crippen molar-refractivity contribution in [2.75, 3.05) is 5.01 Å². The summed E-state index contributed by atoms with van der Waals surface area (Å²) in [5.41, 5.74) is 3.12. The zero-order valence-corrected chi connectivity index (χ0v) is 10.2. The molecular weight excluding hydrogens is 232 g/mol. The molecule has 0 saturated carbocycles. The molecule has 0 spiro atoms. The summed E-state index contributed by atoms with van der Waals surface area (Å²) in [6.45, 7) is 2.02. The molecule has 1 atom stereocenters. The SMILES string of the molecule is CCCCC1C(=O)NN(c2ccc(O)cc2)C1=O. The van der Waals surface area contributed by atoms with Crippen LogP contribution in [0, 0.1) is 5.92 Å². The molecule has 2 N–H and O–H groups in total. The number of unbranched alkanes of at least 4 members (excludes halogenated alkanes) is 1. The second-order valence-electron chi connectivity index (χ2n) is 4.36. The van der Waals surface area contributed by atoms with E-state index in [1.54, 1.807) is 12.1 Å². The van der Waals surface area contributed by atoms with Crippen LogP contribution in [0.1, 0.15) is 26.2 Å². The van der Waals surface area contributed by atoms with Gasteiger partial charge in [-0.05, 0) is 30.7 Å². The number of carbonyl (C=O) groups is 2. The van der Waals surface area contributed by atoms with Gasteiger partial charge in [0, 0.05) is 0 Å². The Hall–Kier alpha value is -2.04. The molecule has 18 heavy (non-hydrogen) atoms. The highest BCUT2D eigenvalue weighted by molar-refractivity contribution is 6.14. The Morgan fingerprint density at radius 2 is 1.94 bits per heavy atom. The Balaban J connectivity index is 2.14. The fraction of sp³-hybridized carbons (Fsp3) is 0.385. The van der Waals surface area contributed by atoms with Crippen LogP contribution in [-0.4, -0.2) is 16.9 Å². The molecule has 1 aliphatic heterocycles. The van der Waals surface area contributed by atoms with Crippen molar-refractivity contribution in [1.29, 1.82) is 0 Å². The molecule has 1 aliphatic rings. The molecule has 1 heterocycles. The number of phenolic OH excluding ortho intramolecular Hbond substituents is 1. The Labute approximate surface area is 105 Å². The van der Waals surface area contributed by atoms with Crippen molar-refractivity contribution in [1.82, 2.24) is 5.43 Å². The number of nitrogens with zero attached hydrogens (tertiary/aromatic N) is 1. The Morgan fingerprint density at radius 3 is 2.56 bits per heavy atom. The number of amides is 2. The second kappa shape index (κ2) is 5.08. The summed E-state index contributed by atoms with van der Waals surface area (Å²) in [5, 5.41) is 10.4. The van der Waals surface area contributed by atoms with Crippen molar-refractivity contribution in [3.8, 4) is 5.75 Å². The summed E-state index contributed by atoms with van der Waals surface area (Å²) in [7, 11) is 0. The number of aromatic hydroxyl groups is 1. The molecule has 96 valence electrons. The van der Waals surface area contributed by atoms with Crippen molar-refractivity contribution < 1.29 is 14.7 Å². The van der Waals surface area contributed by atoms with Gasteiger partial charge in [-0.1, -0.05) is 19.8 Å². The molecule has 5 nitrogen and oxygen atoms in total. The lowest BCUT2D eigenvalue weighted by molar-refractivity contribution is -0.127. The van der Waals surface area contributed by atoms with Gasteiger partial charge in [0.15, 0.2) is 0 Å². The van der Waals surface area contributed by atoms with Crippen LogP contribution in [0.4, 0.5) is 5.69 Å². The summed E-state index contributed by atoms with van der Waals surface area (Å²) < 4.78 is 0. The number of hydrogen-bond donors (Lipinski definition) is 2. The molecule has 2 amide bonds. The number of carbonyl (C=O) groups excluding carboxylic acids is 2. The molecule has 0 aliphatic carbocycles. The fourth-order valence-electron chi connectivity index (χ4n) is 1.97. The molecule has 0 bridgehead atoms. The van der Waals surface area contributed by atoms with Gasteiger partial charge in [0.1, 0.15) is 11.7 Å². The number of hydrazine groups is 1. The summed E-state index contributed by atoms with van der Waals surface area (Å²) in [6, 6.07) is 6.15. The van der Waals surface area contributed by atoms with Gasteiger partial charge in [-0.3, -0.25) is 15.0 Å². The average Bonchev–Trinajstić information content (AvgIpc) is 2.64. The van der Waals surface area contributed by atoms with Gasteiger partial charge < -0.3 is 5.11 Å². The first-order valence-electron chi connectivity index (χ1n) is 6.07. The van der Waals surface area contributed by atoms with Crippen LogP contribution < -0.4 is 10.4 Å². The molecule has 1 aromatic carbocycles. The Bertz CT molecular complexity index is 456.